The maximum Gasteiger partial charge on any atom is 0.227 e. The highest BCUT2D eigenvalue weighted by molar-refractivity contribution is 7.26. The molecule has 7 aromatic carbocycles. The number of hydrogen-bond donors (Lipinski definition) is 0. The topological polar surface area (TPSA) is 31.0 Å². The Bertz CT molecular complexity index is 2670. The van der Waals surface area contributed by atoms with Gasteiger partial charge in [-0.3, -0.25) is 0 Å². The van der Waals surface area contributed by atoms with Gasteiger partial charge in [0.2, 0.25) is 5.89 Å². The second-order valence-corrected chi connectivity index (χ2v) is 13.1. The van der Waals surface area contributed by atoms with Crippen LogP contribution in [0.1, 0.15) is 0 Å². The molecule has 0 amide bonds. The Hall–Kier alpha value is -5.97. The number of thiophene rings is 1. The molecular formula is C43H26N2OS. The zero-order valence-electron chi connectivity index (χ0n) is 25.2. The summed E-state index contributed by atoms with van der Waals surface area (Å²) in [6, 6.07) is 56.2. The summed E-state index contributed by atoms with van der Waals surface area (Å²) in [6.07, 6.45) is 0. The van der Waals surface area contributed by atoms with E-state index in [2.05, 4.69) is 156 Å². The molecule has 0 aliphatic rings. The summed E-state index contributed by atoms with van der Waals surface area (Å²) in [5.41, 5.74) is 11.0. The average molecular weight is 619 g/mol. The smallest absolute Gasteiger partial charge is 0.227 e. The van der Waals surface area contributed by atoms with Crippen LogP contribution in [0.3, 0.4) is 0 Å². The Kier molecular flexibility index (Phi) is 5.74. The van der Waals surface area contributed by atoms with E-state index in [4.69, 9.17) is 9.40 Å². The standard InChI is InChI=1S/C43H26N2OS/c1-3-9-27(10-4-1)30-17-21-36-34(25-30)35-26-31(28-11-5-2-6-12-28)18-22-37(35)45(36)32-19-15-29(16-20-32)43-44-42-38(46-43)23-24-40-41(42)33-13-7-8-14-39(33)47-40/h1-26H. The molecule has 3 aromatic heterocycles. The van der Waals surface area contributed by atoms with Crippen LogP contribution < -0.4 is 0 Å². The second kappa shape index (κ2) is 10.3. The van der Waals surface area contributed by atoms with E-state index in [1.807, 2.05) is 6.07 Å². The van der Waals surface area contributed by atoms with Crippen molar-refractivity contribution in [1.29, 1.82) is 0 Å². The van der Waals surface area contributed by atoms with Crippen LogP contribution in [0.25, 0.3) is 92.5 Å². The van der Waals surface area contributed by atoms with Crippen molar-refractivity contribution in [3.05, 3.63) is 158 Å². The lowest BCUT2D eigenvalue weighted by Crippen LogP contribution is -1.94. The van der Waals surface area contributed by atoms with Crippen molar-refractivity contribution in [1.82, 2.24) is 9.55 Å². The van der Waals surface area contributed by atoms with E-state index in [0.29, 0.717) is 5.89 Å². The van der Waals surface area contributed by atoms with E-state index in [1.165, 1.54) is 64.2 Å². The highest BCUT2D eigenvalue weighted by Gasteiger charge is 2.17. The van der Waals surface area contributed by atoms with Gasteiger partial charge in [-0.05, 0) is 89.0 Å². The molecule has 0 saturated carbocycles. The van der Waals surface area contributed by atoms with Crippen molar-refractivity contribution in [2.45, 2.75) is 0 Å². The summed E-state index contributed by atoms with van der Waals surface area (Å²) in [5.74, 6) is 0.636. The predicted molar refractivity (Wildman–Crippen MR) is 198 cm³/mol. The minimum Gasteiger partial charge on any atom is -0.436 e. The molecule has 0 aliphatic carbocycles. The van der Waals surface area contributed by atoms with Crippen molar-refractivity contribution in [3.63, 3.8) is 0 Å². The zero-order valence-corrected chi connectivity index (χ0v) is 26.0. The van der Waals surface area contributed by atoms with Crippen LogP contribution in [0.5, 0.6) is 0 Å². The Balaban J connectivity index is 1.12. The quantitative estimate of drug-likeness (QED) is 0.196. The van der Waals surface area contributed by atoms with Crippen LogP contribution in [0, 0.1) is 0 Å². The van der Waals surface area contributed by atoms with Crippen molar-refractivity contribution in [2.24, 2.45) is 0 Å². The third kappa shape index (κ3) is 4.16. The zero-order chi connectivity index (χ0) is 30.9. The summed E-state index contributed by atoms with van der Waals surface area (Å²) < 4.78 is 11.2. The minimum absolute atomic E-state index is 0.636. The summed E-state index contributed by atoms with van der Waals surface area (Å²) in [6.45, 7) is 0. The molecule has 0 N–H and O–H groups in total. The Morgan fingerprint density at radius 2 is 1.06 bits per heavy atom. The fourth-order valence-electron chi connectivity index (χ4n) is 7.00. The van der Waals surface area contributed by atoms with Crippen LogP contribution in [0.4, 0.5) is 0 Å². The number of fused-ring (bicyclic) bond motifs is 8. The van der Waals surface area contributed by atoms with Crippen molar-refractivity contribution >= 4 is 64.4 Å². The SMILES string of the molecule is c1ccc(-c2ccc3c(c2)c2cc(-c4ccccc4)ccc2n3-c2ccc(-c3nc4c(ccc5sc6ccccc6c54)o3)cc2)cc1. The molecule has 3 heterocycles. The number of oxazole rings is 1. The summed E-state index contributed by atoms with van der Waals surface area (Å²) in [4.78, 5) is 5.04. The number of aromatic nitrogens is 2. The molecule has 220 valence electrons. The molecule has 0 bridgehead atoms. The Morgan fingerprint density at radius 1 is 0.468 bits per heavy atom. The van der Waals surface area contributed by atoms with Gasteiger partial charge in [-0.25, -0.2) is 4.98 Å². The van der Waals surface area contributed by atoms with Crippen LogP contribution in [0.2, 0.25) is 0 Å². The van der Waals surface area contributed by atoms with E-state index in [9.17, 15) is 0 Å². The van der Waals surface area contributed by atoms with Gasteiger partial charge in [0.15, 0.2) is 5.58 Å². The molecule has 0 atom stereocenters. The van der Waals surface area contributed by atoms with Crippen LogP contribution in [-0.2, 0) is 0 Å². The van der Waals surface area contributed by atoms with Gasteiger partial charge in [-0.1, -0.05) is 91.0 Å². The first-order chi connectivity index (χ1) is 23.3. The van der Waals surface area contributed by atoms with E-state index in [-0.39, 0.29) is 0 Å². The molecule has 0 radical (unpaired) electrons. The van der Waals surface area contributed by atoms with Gasteiger partial charge in [-0.15, -0.1) is 11.3 Å². The first-order valence-corrected chi connectivity index (χ1v) is 16.6. The molecule has 4 heteroatoms. The lowest BCUT2D eigenvalue weighted by atomic mass is 10.0. The predicted octanol–water partition coefficient (Wildman–Crippen LogP) is 12.3. The molecule has 0 fully saturated rings. The van der Waals surface area contributed by atoms with E-state index < -0.39 is 0 Å². The highest BCUT2D eigenvalue weighted by atomic mass is 32.1. The molecule has 0 spiro atoms. The molecule has 0 aliphatic heterocycles. The highest BCUT2D eigenvalue weighted by Crippen LogP contribution is 2.40. The van der Waals surface area contributed by atoms with Crippen molar-refractivity contribution in [2.75, 3.05) is 0 Å². The molecule has 10 rings (SSSR count). The van der Waals surface area contributed by atoms with Crippen molar-refractivity contribution in [3.8, 4) is 39.4 Å². The molecule has 3 nitrogen and oxygen atoms in total. The van der Waals surface area contributed by atoms with Gasteiger partial charge in [0.05, 0.1) is 11.0 Å². The third-order valence-electron chi connectivity index (χ3n) is 9.25. The second-order valence-electron chi connectivity index (χ2n) is 12.0. The van der Waals surface area contributed by atoms with E-state index in [1.54, 1.807) is 11.3 Å². The first-order valence-electron chi connectivity index (χ1n) is 15.8. The first kappa shape index (κ1) is 26.3. The molecular weight excluding hydrogens is 593 g/mol. The average Bonchev–Trinajstić information content (AvgIpc) is 3.83. The molecule has 47 heavy (non-hydrogen) atoms. The Labute approximate surface area is 274 Å². The van der Waals surface area contributed by atoms with E-state index >= 15 is 0 Å². The van der Waals surface area contributed by atoms with Crippen LogP contribution in [-0.4, -0.2) is 9.55 Å². The largest absolute Gasteiger partial charge is 0.436 e. The van der Waals surface area contributed by atoms with Crippen molar-refractivity contribution < 1.29 is 4.42 Å². The molecule has 10 aromatic rings. The van der Waals surface area contributed by atoms with Gasteiger partial charge >= 0.3 is 0 Å². The third-order valence-corrected chi connectivity index (χ3v) is 10.4. The lowest BCUT2D eigenvalue weighted by Gasteiger charge is -2.09. The summed E-state index contributed by atoms with van der Waals surface area (Å²) >= 11 is 1.80. The number of rotatable bonds is 4. The fourth-order valence-corrected chi connectivity index (χ4v) is 8.11. The monoisotopic (exact) mass is 618 g/mol. The van der Waals surface area contributed by atoms with Gasteiger partial charge in [0, 0.05) is 42.2 Å². The Morgan fingerprint density at radius 3 is 1.72 bits per heavy atom. The number of benzene rings is 7. The molecule has 0 unspecified atom stereocenters. The fraction of sp³-hybridized carbons (Fsp3) is 0. The van der Waals surface area contributed by atoms with Gasteiger partial charge in [0.25, 0.3) is 0 Å². The molecule has 0 saturated heterocycles. The minimum atomic E-state index is 0.636. The van der Waals surface area contributed by atoms with Gasteiger partial charge < -0.3 is 8.98 Å². The normalized spacial score (nSPS) is 11.8. The summed E-state index contributed by atoms with van der Waals surface area (Å²) in [7, 11) is 0. The van der Waals surface area contributed by atoms with Crippen LogP contribution in [0.15, 0.2) is 162 Å². The summed E-state index contributed by atoms with van der Waals surface area (Å²) in [5, 5.41) is 4.86. The van der Waals surface area contributed by atoms with Crippen LogP contribution >= 0.6 is 11.3 Å². The van der Waals surface area contributed by atoms with Gasteiger partial charge in [-0.2, -0.15) is 0 Å². The maximum atomic E-state index is 6.35. The maximum absolute atomic E-state index is 6.35. The van der Waals surface area contributed by atoms with E-state index in [0.717, 1.165) is 22.4 Å². The number of hydrogen-bond acceptors (Lipinski definition) is 3. The lowest BCUT2D eigenvalue weighted by molar-refractivity contribution is 0.620. The number of nitrogens with zero attached hydrogens (tertiary/aromatic N) is 2. The van der Waals surface area contributed by atoms with Gasteiger partial charge in [0.1, 0.15) is 5.52 Å².